The Hall–Kier alpha value is -3.85. The van der Waals surface area contributed by atoms with Crippen molar-refractivity contribution < 1.29 is 4.39 Å². The number of thiophene rings is 1. The maximum atomic E-state index is 13.5. The van der Waals surface area contributed by atoms with Crippen molar-refractivity contribution in [1.82, 2.24) is 35.3 Å². The zero-order valence-electron chi connectivity index (χ0n) is 15.9. The fraction of sp³-hybridized carbons (Fsp3) is 0.0476. The Balaban J connectivity index is 1.56. The van der Waals surface area contributed by atoms with E-state index in [1.165, 1.54) is 6.07 Å². The summed E-state index contributed by atoms with van der Waals surface area (Å²) in [7, 11) is 0. The number of fused-ring (bicyclic) bond motifs is 1. The van der Waals surface area contributed by atoms with Gasteiger partial charge < -0.3 is 4.98 Å². The van der Waals surface area contributed by atoms with Crippen molar-refractivity contribution in [1.29, 1.82) is 0 Å². The van der Waals surface area contributed by atoms with Crippen LogP contribution in [0.5, 0.6) is 0 Å². The molecule has 5 rings (SSSR count). The van der Waals surface area contributed by atoms with E-state index in [-0.39, 0.29) is 5.13 Å². The first-order chi connectivity index (χ1) is 14.6. The van der Waals surface area contributed by atoms with Gasteiger partial charge in [-0.15, -0.1) is 11.3 Å². The quantitative estimate of drug-likeness (QED) is 0.418. The maximum Gasteiger partial charge on any atom is 0.176 e. The van der Waals surface area contributed by atoms with Crippen LogP contribution in [-0.2, 0) is 0 Å². The van der Waals surface area contributed by atoms with Gasteiger partial charge in [-0.3, -0.25) is 15.2 Å². The fourth-order valence-electron chi connectivity index (χ4n) is 3.17. The molecule has 0 amide bonds. The van der Waals surface area contributed by atoms with Crippen LogP contribution in [0, 0.1) is 5.13 Å². The van der Waals surface area contributed by atoms with Gasteiger partial charge in [0.15, 0.2) is 11.0 Å². The number of nitrogens with one attached hydrogen (secondary N) is 3. The Labute approximate surface area is 173 Å². The minimum Gasteiger partial charge on any atom is -0.335 e. The number of allylic oxidation sites excluding steroid dienone is 2. The molecule has 30 heavy (non-hydrogen) atoms. The van der Waals surface area contributed by atoms with Gasteiger partial charge >= 0.3 is 0 Å². The largest absolute Gasteiger partial charge is 0.335 e. The van der Waals surface area contributed by atoms with E-state index in [4.69, 9.17) is 4.98 Å². The van der Waals surface area contributed by atoms with Crippen molar-refractivity contribution >= 4 is 40.6 Å². The van der Waals surface area contributed by atoms with Crippen LogP contribution in [0.3, 0.4) is 0 Å². The summed E-state index contributed by atoms with van der Waals surface area (Å²) in [6.07, 6.45) is 10.9. The second kappa shape index (κ2) is 7.20. The average molecular weight is 417 g/mol. The molecule has 0 radical (unpaired) electrons. The van der Waals surface area contributed by atoms with Gasteiger partial charge in [0.25, 0.3) is 0 Å². The van der Waals surface area contributed by atoms with Crippen LogP contribution in [0.15, 0.2) is 43.0 Å². The molecule has 0 fully saturated rings. The lowest BCUT2D eigenvalue weighted by atomic mass is 10.1. The highest BCUT2D eigenvalue weighted by molar-refractivity contribution is 7.14. The summed E-state index contributed by atoms with van der Waals surface area (Å²) < 4.78 is 13.5. The summed E-state index contributed by atoms with van der Waals surface area (Å²) in [5, 5.41) is 15.4. The lowest BCUT2D eigenvalue weighted by Crippen LogP contribution is -2.21. The molecule has 0 saturated heterocycles. The van der Waals surface area contributed by atoms with Crippen molar-refractivity contribution in [3.05, 3.63) is 64.3 Å². The van der Waals surface area contributed by atoms with Crippen LogP contribution in [0.25, 0.3) is 51.2 Å². The third kappa shape index (κ3) is 3.15. The first kappa shape index (κ1) is 18.2. The van der Waals surface area contributed by atoms with E-state index < -0.39 is 0 Å². The first-order valence-electron chi connectivity index (χ1n) is 9.11. The number of hydrogen-bond donors (Lipinski definition) is 3. The van der Waals surface area contributed by atoms with E-state index in [2.05, 4.69) is 36.9 Å². The monoisotopic (exact) mass is 417 g/mol. The zero-order valence-corrected chi connectivity index (χ0v) is 16.7. The minimum atomic E-state index is -0.246. The molecule has 0 aliphatic rings. The SMILES string of the molecule is C=c1c(-c2nc3c(-c4ccc(F)s4)cncc3[nH]2)n[nH]/c1=C/C=C(\C)c1cn[nH]c1. The minimum absolute atomic E-state index is 0.246. The van der Waals surface area contributed by atoms with Gasteiger partial charge in [-0.25, -0.2) is 4.98 Å². The molecule has 0 spiro atoms. The molecule has 0 aromatic carbocycles. The number of aromatic amines is 3. The Morgan fingerprint density at radius 2 is 2.13 bits per heavy atom. The topological polar surface area (TPSA) is 98.9 Å². The molecule has 5 aromatic heterocycles. The highest BCUT2D eigenvalue weighted by Crippen LogP contribution is 2.32. The summed E-state index contributed by atoms with van der Waals surface area (Å²) in [5.41, 5.74) is 4.93. The highest BCUT2D eigenvalue weighted by atomic mass is 32.1. The van der Waals surface area contributed by atoms with Crippen LogP contribution >= 0.6 is 11.3 Å². The Morgan fingerprint density at radius 1 is 1.23 bits per heavy atom. The standard InChI is InChI=1S/C21H16FN7S/c1-11(13-7-24-25-8-13)3-4-15-12(2)19(29-28-15)21-26-16-10-23-9-14(20(16)27-21)17-5-6-18(22)30-17/h3-10,28H,2H2,1H3,(H,24,25)(H,26,27)/b11-3+,15-4+. The van der Waals surface area contributed by atoms with E-state index in [1.54, 1.807) is 24.7 Å². The Morgan fingerprint density at radius 3 is 2.90 bits per heavy atom. The summed E-state index contributed by atoms with van der Waals surface area (Å²) in [5.74, 6) is 0.577. The number of halogens is 1. The van der Waals surface area contributed by atoms with E-state index in [1.807, 2.05) is 25.3 Å². The van der Waals surface area contributed by atoms with Crippen molar-refractivity contribution in [2.75, 3.05) is 0 Å². The van der Waals surface area contributed by atoms with Crippen molar-refractivity contribution in [2.24, 2.45) is 0 Å². The van der Waals surface area contributed by atoms with Crippen molar-refractivity contribution in [3.63, 3.8) is 0 Å². The summed E-state index contributed by atoms with van der Waals surface area (Å²) in [6, 6.07) is 3.17. The third-order valence-electron chi connectivity index (χ3n) is 4.81. The van der Waals surface area contributed by atoms with Gasteiger partial charge in [0, 0.05) is 33.6 Å². The summed E-state index contributed by atoms with van der Waals surface area (Å²) >= 11 is 1.06. The van der Waals surface area contributed by atoms with Gasteiger partial charge in [-0.05, 0) is 30.7 Å². The number of hydrogen-bond acceptors (Lipinski definition) is 5. The Kier molecular flexibility index (Phi) is 4.36. The molecule has 148 valence electrons. The lowest BCUT2D eigenvalue weighted by Gasteiger charge is -1.96. The molecule has 5 aromatic rings. The predicted molar refractivity (Wildman–Crippen MR) is 116 cm³/mol. The molecule has 0 atom stereocenters. The van der Waals surface area contributed by atoms with E-state index >= 15 is 0 Å². The van der Waals surface area contributed by atoms with E-state index in [0.717, 1.165) is 49.0 Å². The molecular formula is C21H16FN7S. The number of aromatic nitrogens is 7. The van der Waals surface area contributed by atoms with Gasteiger partial charge in [0.2, 0.25) is 0 Å². The number of pyridine rings is 1. The number of H-pyrrole nitrogens is 3. The number of imidazole rings is 1. The molecule has 0 saturated carbocycles. The van der Waals surface area contributed by atoms with Crippen LogP contribution < -0.4 is 10.6 Å². The first-order valence-corrected chi connectivity index (χ1v) is 9.92. The smallest absolute Gasteiger partial charge is 0.176 e. The van der Waals surface area contributed by atoms with E-state index in [9.17, 15) is 4.39 Å². The molecular weight excluding hydrogens is 401 g/mol. The fourth-order valence-corrected chi connectivity index (χ4v) is 3.91. The second-order valence-corrected chi connectivity index (χ2v) is 7.77. The normalized spacial score (nSPS) is 12.9. The van der Waals surface area contributed by atoms with Crippen molar-refractivity contribution in [3.8, 4) is 22.0 Å². The predicted octanol–water partition coefficient (Wildman–Crippen LogP) is 3.23. The van der Waals surface area contributed by atoms with Crippen molar-refractivity contribution in [2.45, 2.75) is 6.92 Å². The highest BCUT2D eigenvalue weighted by Gasteiger charge is 2.14. The second-order valence-electron chi connectivity index (χ2n) is 6.74. The van der Waals surface area contributed by atoms with Gasteiger partial charge in [0.1, 0.15) is 11.2 Å². The molecule has 7 nitrogen and oxygen atoms in total. The molecule has 3 N–H and O–H groups in total. The molecule has 5 heterocycles. The van der Waals surface area contributed by atoms with E-state index in [0.29, 0.717) is 17.0 Å². The zero-order chi connectivity index (χ0) is 20.7. The summed E-state index contributed by atoms with van der Waals surface area (Å²) in [4.78, 5) is 13.0. The molecule has 9 heteroatoms. The van der Waals surface area contributed by atoms with Gasteiger partial charge in [0.05, 0.1) is 23.3 Å². The molecule has 0 bridgehead atoms. The summed E-state index contributed by atoms with van der Waals surface area (Å²) in [6.45, 7) is 6.16. The van der Waals surface area contributed by atoms with Gasteiger partial charge in [-0.1, -0.05) is 12.7 Å². The van der Waals surface area contributed by atoms with Gasteiger partial charge in [-0.2, -0.15) is 14.6 Å². The van der Waals surface area contributed by atoms with Crippen LogP contribution in [0.1, 0.15) is 12.5 Å². The maximum absolute atomic E-state index is 13.5. The van der Waals surface area contributed by atoms with Crippen LogP contribution in [-0.4, -0.2) is 35.3 Å². The lowest BCUT2D eigenvalue weighted by molar-refractivity contribution is 0.657. The molecule has 0 aliphatic carbocycles. The Bertz CT molecular complexity index is 1490. The molecule has 0 unspecified atom stereocenters. The third-order valence-corrected chi connectivity index (χ3v) is 5.72. The van der Waals surface area contributed by atoms with Crippen LogP contribution in [0.4, 0.5) is 4.39 Å². The molecule has 0 aliphatic heterocycles. The number of rotatable bonds is 4. The number of nitrogens with zero attached hydrogens (tertiary/aromatic N) is 4. The van der Waals surface area contributed by atoms with Crippen LogP contribution in [0.2, 0.25) is 0 Å². The average Bonchev–Trinajstić information content (AvgIpc) is 3.52.